The van der Waals surface area contributed by atoms with Gasteiger partial charge in [-0.1, -0.05) is 11.6 Å². The molecule has 1 aromatic carbocycles. The number of fused-ring (bicyclic) bond motifs is 1. The van der Waals surface area contributed by atoms with Crippen molar-refractivity contribution in [1.29, 1.82) is 0 Å². The number of esters is 1. The lowest BCUT2D eigenvalue weighted by atomic mass is 10.2. The minimum absolute atomic E-state index is 0.00127. The van der Waals surface area contributed by atoms with Crippen molar-refractivity contribution in [3.63, 3.8) is 0 Å². The van der Waals surface area contributed by atoms with Crippen LogP contribution in [0.5, 0.6) is 5.75 Å². The molecular formula is C16H9ClO5. The van der Waals surface area contributed by atoms with Gasteiger partial charge in [0.25, 0.3) is 0 Å². The zero-order valence-electron chi connectivity index (χ0n) is 11.1. The third-order valence-corrected chi connectivity index (χ3v) is 3.11. The van der Waals surface area contributed by atoms with Crippen LogP contribution >= 0.6 is 11.6 Å². The third-order valence-electron chi connectivity index (χ3n) is 2.85. The average Bonchev–Trinajstić information content (AvgIpc) is 3.02. The van der Waals surface area contributed by atoms with Crippen molar-refractivity contribution in [3.8, 4) is 5.75 Å². The van der Waals surface area contributed by atoms with E-state index in [-0.39, 0.29) is 21.8 Å². The summed E-state index contributed by atoms with van der Waals surface area (Å²) < 4.78 is 15.4. The van der Waals surface area contributed by atoms with Crippen LogP contribution in [0.4, 0.5) is 0 Å². The normalized spacial score (nSPS) is 11.1. The average molecular weight is 317 g/mol. The van der Waals surface area contributed by atoms with Crippen molar-refractivity contribution in [1.82, 2.24) is 0 Å². The van der Waals surface area contributed by atoms with Crippen LogP contribution in [-0.4, -0.2) is 5.97 Å². The summed E-state index contributed by atoms with van der Waals surface area (Å²) >= 11 is 5.69. The molecule has 5 nitrogen and oxygen atoms in total. The molecule has 0 aliphatic carbocycles. The van der Waals surface area contributed by atoms with E-state index >= 15 is 0 Å². The van der Waals surface area contributed by atoms with E-state index in [1.54, 1.807) is 12.1 Å². The smallest absolute Gasteiger partial charge is 0.336 e. The Morgan fingerprint density at radius 3 is 2.86 bits per heavy atom. The fourth-order valence-electron chi connectivity index (χ4n) is 1.84. The van der Waals surface area contributed by atoms with Crippen LogP contribution in [0.15, 0.2) is 62.6 Å². The molecule has 0 unspecified atom stereocenters. The molecule has 0 aliphatic heterocycles. The van der Waals surface area contributed by atoms with Crippen LogP contribution < -0.4 is 10.2 Å². The number of carbonyl (C=O) groups is 1. The van der Waals surface area contributed by atoms with Crippen molar-refractivity contribution in [2.45, 2.75) is 0 Å². The molecule has 0 aliphatic rings. The molecule has 0 bridgehead atoms. The van der Waals surface area contributed by atoms with E-state index in [1.165, 1.54) is 36.6 Å². The molecule has 3 aromatic rings. The molecule has 22 heavy (non-hydrogen) atoms. The fraction of sp³-hybridized carbons (Fsp3) is 0. The molecule has 0 spiro atoms. The predicted octanol–water partition coefficient (Wildman–Crippen LogP) is 3.66. The lowest BCUT2D eigenvalue weighted by molar-refractivity contribution is -0.128. The predicted molar refractivity (Wildman–Crippen MR) is 80.9 cm³/mol. The molecular weight excluding hydrogens is 308 g/mol. The van der Waals surface area contributed by atoms with Crippen molar-refractivity contribution >= 4 is 34.6 Å². The van der Waals surface area contributed by atoms with E-state index in [0.717, 1.165) is 6.26 Å². The number of hydrogen-bond acceptors (Lipinski definition) is 5. The summed E-state index contributed by atoms with van der Waals surface area (Å²) in [4.78, 5) is 23.5. The van der Waals surface area contributed by atoms with Crippen molar-refractivity contribution < 1.29 is 18.4 Å². The first-order chi connectivity index (χ1) is 10.6. The van der Waals surface area contributed by atoms with Gasteiger partial charge in [0.1, 0.15) is 28.4 Å². The van der Waals surface area contributed by atoms with Crippen LogP contribution in [0, 0.1) is 0 Å². The van der Waals surface area contributed by atoms with Gasteiger partial charge in [0.2, 0.25) is 5.43 Å². The molecule has 0 saturated carbocycles. The highest BCUT2D eigenvalue weighted by atomic mass is 35.5. The summed E-state index contributed by atoms with van der Waals surface area (Å²) in [6.45, 7) is 0. The van der Waals surface area contributed by atoms with E-state index in [0.29, 0.717) is 11.1 Å². The Kier molecular flexibility index (Phi) is 3.80. The Balaban J connectivity index is 1.81. The van der Waals surface area contributed by atoms with Gasteiger partial charge in [0.15, 0.2) is 0 Å². The number of ether oxygens (including phenoxy) is 1. The number of carbonyl (C=O) groups excluding carboxylic acids is 1. The van der Waals surface area contributed by atoms with Crippen molar-refractivity contribution in [2.75, 3.05) is 0 Å². The molecule has 0 N–H and O–H groups in total. The molecule has 0 saturated heterocycles. The Morgan fingerprint density at radius 1 is 1.23 bits per heavy atom. The first-order valence-corrected chi connectivity index (χ1v) is 6.66. The number of hydrogen-bond donors (Lipinski definition) is 0. The molecule has 2 aromatic heterocycles. The molecule has 0 radical (unpaired) electrons. The fourth-order valence-corrected chi connectivity index (χ4v) is 1.98. The van der Waals surface area contributed by atoms with Gasteiger partial charge < -0.3 is 13.6 Å². The second kappa shape index (κ2) is 5.91. The second-order valence-corrected chi connectivity index (χ2v) is 4.75. The lowest BCUT2D eigenvalue weighted by Gasteiger charge is -2.02. The Labute approximate surface area is 129 Å². The molecule has 2 heterocycles. The van der Waals surface area contributed by atoms with Crippen LogP contribution in [0.1, 0.15) is 5.76 Å². The maximum atomic E-state index is 11.8. The highest BCUT2D eigenvalue weighted by Gasteiger charge is 2.08. The minimum atomic E-state index is -0.577. The van der Waals surface area contributed by atoms with Crippen molar-refractivity contribution in [3.05, 3.63) is 69.9 Å². The summed E-state index contributed by atoms with van der Waals surface area (Å²) in [5.74, 6) is 0.218. The van der Waals surface area contributed by atoms with Gasteiger partial charge in [-0.05, 0) is 30.3 Å². The van der Waals surface area contributed by atoms with Gasteiger partial charge in [-0.25, -0.2) is 4.79 Å². The molecule has 0 atom stereocenters. The summed E-state index contributed by atoms with van der Waals surface area (Å²) in [6, 6.07) is 7.85. The Bertz CT molecular complexity index is 906. The number of furan rings is 1. The number of benzene rings is 1. The lowest BCUT2D eigenvalue weighted by Crippen LogP contribution is -2.05. The minimum Gasteiger partial charge on any atom is -0.465 e. The van der Waals surface area contributed by atoms with E-state index in [9.17, 15) is 9.59 Å². The Hall–Kier alpha value is -2.79. The highest BCUT2D eigenvalue weighted by Crippen LogP contribution is 2.20. The standard InChI is InChI=1S/C16H9ClO5/c17-13-9-21-14-8-11(3-5-12(14)16(13)19)22-15(18)6-4-10-2-1-7-20-10/h1-9H. The van der Waals surface area contributed by atoms with E-state index in [4.69, 9.17) is 25.2 Å². The van der Waals surface area contributed by atoms with Gasteiger partial charge in [0, 0.05) is 12.1 Å². The van der Waals surface area contributed by atoms with Crippen LogP contribution in [0.25, 0.3) is 17.0 Å². The zero-order valence-corrected chi connectivity index (χ0v) is 11.9. The van der Waals surface area contributed by atoms with Gasteiger partial charge in [-0.2, -0.15) is 0 Å². The largest absolute Gasteiger partial charge is 0.465 e. The second-order valence-electron chi connectivity index (χ2n) is 4.34. The Morgan fingerprint density at radius 2 is 2.09 bits per heavy atom. The number of halogens is 1. The molecule has 110 valence electrons. The van der Waals surface area contributed by atoms with E-state index < -0.39 is 5.97 Å². The van der Waals surface area contributed by atoms with Crippen LogP contribution in [-0.2, 0) is 4.79 Å². The van der Waals surface area contributed by atoms with Gasteiger partial charge in [-0.15, -0.1) is 0 Å². The van der Waals surface area contributed by atoms with Crippen molar-refractivity contribution in [2.24, 2.45) is 0 Å². The first-order valence-electron chi connectivity index (χ1n) is 6.28. The van der Waals surface area contributed by atoms with E-state index in [2.05, 4.69) is 0 Å². The molecule has 0 fully saturated rings. The highest BCUT2D eigenvalue weighted by molar-refractivity contribution is 6.30. The molecule has 6 heteroatoms. The van der Waals surface area contributed by atoms with Crippen LogP contribution in [0.3, 0.4) is 0 Å². The summed E-state index contributed by atoms with van der Waals surface area (Å²) in [5, 5.41) is 0.317. The molecule has 0 amide bonds. The summed E-state index contributed by atoms with van der Waals surface area (Å²) in [5.41, 5.74) is -0.0479. The summed E-state index contributed by atoms with van der Waals surface area (Å²) in [7, 11) is 0. The number of rotatable bonds is 3. The van der Waals surface area contributed by atoms with Gasteiger partial charge in [0.05, 0.1) is 11.6 Å². The molecule has 3 rings (SSSR count). The summed E-state index contributed by atoms with van der Waals surface area (Å²) in [6.07, 6.45) is 5.38. The maximum Gasteiger partial charge on any atom is 0.336 e. The SMILES string of the molecule is O=C(C=Cc1ccco1)Oc1ccc2c(=O)c(Cl)coc2c1. The zero-order chi connectivity index (χ0) is 15.5. The monoisotopic (exact) mass is 316 g/mol. The van der Waals surface area contributed by atoms with Gasteiger partial charge >= 0.3 is 5.97 Å². The van der Waals surface area contributed by atoms with E-state index in [1.807, 2.05) is 0 Å². The maximum absolute atomic E-state index is 11.8. The first kappa shape index (κ1) is 14.2. The topological polar surface area (TPSA) is 69.7 Å². The quantitative estimate of drug-likeness (QED) is 0.419. The third kappa shape index (κ3) is 2.94. The van der Waals surface area contributed by atoms with Crippen LogP contribution in [0.2, 0.25) is 5.02 Å². The van der Waals surface area contributed by atoms with Gasteiger partial charge in [-0.3, -0.25) is 4.79 Å².